The van der Waals surface area contributed by atoms with Crippen molar-refractivity contribution in [1.29, 1.82) is 5.26 Å². The van der Waals surface area contributed by atoms with Crippen LogP contribution in [0.2, 0.25) is 0 Å². The summed E-state index contributed by atoms with van der Waals surface area (Å²) < 4.78 is 0. The molecular weight excluding hydrogens is 260 g/mol. The topological polar surface area (TPSA) is 102 Å². The number of nitriles is 1. The number of aliphatic carboxylic acids is 2. The van der Waals surface area contributed by atoms with Gasteiger partial charge < -0.3 is 10.2 Å². The minimum absolute atomic E-state index is 0.114. The minimum Gasteiger partial charge on any atom is -0.481 e. The third-order valence-electron chi connectivity index (χ3n) is 3.03. The van der Waals surface area contributed by atoms with Crippen LogP contribution in [0.3, 0.4) is 0 Å². The van der Waals surface area contributed by atoms with E-state index in [1.54, 1.807) is 24.3 Å². The van der Waals surface area contributed by atoms with E-state index in [9.17, 15) is 9.59 Å². The molecule has 0 fully saturated rings. The Bertz CT molecular complexity index is 536. The van der Waals surface area contributed by atoms with Crippen LogP contribution in [0.15, 0.2) is 24.3 Å². The Morgan fingerprint density at radius 2 is 2.00 bits per heavy atom. The molecule has 0 bridgehead atoms. The summed E-state index contributed by atoms with van der Waals surface area (Å²) >= 11 is 0. The lowest BCUT2D eigenvalue weighted by Crippen LogP contribution is -2.39. The number of carboxylic acids is 2. The smallest absolute Gasteiger partial charge is 0.320 e. The Kier molecular flexibility index (Phi) is 5.69. The molecule has 1 aromatic carbocycles. The first-order chi connectivity index (χ1) is 9.45. The van der Waals surface area contributed by atoms with E-state index in [1.807, 2.05) is 6.07 Å². The van der Waals surface area contributed by atoms with Gasteiger partial charge in [-0.1, -0.05) is 18.2 Å². The highest BCUT2D eigenvalue weighted by molar-refractivity contribution is 5.73. The lowest BCUT2D eigenvalue weighted by Gasteiger charge is -2.26. The fourth-order valence-corrected chi connectivity index (χ4v) is 1.79. The van der Waals surface area contributed by atoms with Gasteiger partial charge in [0.25, 0.3) is 0 Å². The van der Waals surface area contributed by atoms with Crippen LogP contribution in [0.1, 0.15) is 24.5 Å². The number of benzene rings is 1. The molecule has 0 aromatic heterocycles. The fraction of sp³-hybridized carbons (Fsp3) is 0.357. The SMILES string of the molecule is CC(C(=O)O)N(CCC(=O)O)Cc1ccccc1C#N. The molecule has 0 aliphatic heterocycles. The predicted molar refractivity (Wildman–Crippen MR) is 70.9 cm³/mol. The molecule has 1 unspecified atom stereocenters. The zero-order valence-corrected chi connectivity index (χ0v) is 11.1. The van der Waals surface area contributed by atoms with E-state index in [4.69, 9.17) is 15.5 Å². The molecule has 2 N–H and O–H groups in total. The molecular formula is C14H16N2O4. The highest BCUT2D eigenvalue weighted by Crippen LogP contribution is 2.13. The van der Waals surface area contributed by atoms with Crippen LogP contribution in [0, 0.1) is 11.3 Å². The van der Waals surface area contributed by atoms with E-state index in [1.165, 1.54) is 11.8 Å². The van der Waals surface area contributed by atoms with Crippen LogP contribution < -0.4 is 0 Å². The summed E-state index contributed by atoms with van der Waals surface area (Å²) in [7, 11) is 0. The molecule has 0 spiro atoms. The predicted octanol–water partition coefficient (Wildman–Crippen LogP) is 1.31. The van der Waals surface area contributed by atoms with E-state index >= 15 is 0 Å². The van der Waals surface area contributed by atoms with Gasteiger partial charge in [0.05, 0.1) is 18.1 Å². The Morgan fingerprint density at radius 3 is 2.55 bits per heavy atom. The van der Waals surface area contributed by atoms with E-state index < -0.39 is 18.0 Å². The molecule has 6 heteroatoms. The summed E-state index contributed by atoms with van der Waals surface area (Å²) in [4.78, 5) is 23.3. The second-order valence-corrected chi connectivity index (χ2v) is 4.40. The number of rotatable bonds is 7. The quantitative estimate of drug-likeness (QED) is 0.778. The normalized spacial score (nSPS) is 11.8. The standard InChI is InChI=1S/C14H16N2O4/c1-10(14(19)20)16(7-6-13(17)18)9-12-5-3-2-4-11(12)8-15/h2-5,10H,6-7,9H2,1H3,(H,17,18)(H,19,20). The lowest BCUT2D eigenvalue weighted by molar-refractivity contribution is -0.144. The summed E-state index contributed by atoms with van der Waals surface area (Å²) in [5, 5.41) is 26.8. The number of hydrogen-bond acceptors (Lipinski definition) is 4. The monoisotopic (exact) mass is 276 g/mol. The van der Waals surface area contributed by atoms with Gasteiger partial charge in [0.1, 0.15) is 6.04 Å². The zero-order valence-electron chi connectivity index (χ0n) is 11.1. The molecule has 0 radical (unpaired) electrons. The summed E-state index contributed by atoms with van der Waals surface area (Å²) in [5.41, 5.74) is 1.15. The number of nitrogens with zero attached hydrogens (tertiary/aromatic N) is 2. The Balaban J connectivity index is 2.91. The minimum atomic E-state index is -1.02. The van der Waals surface area contributed by atoms with Crippen molar-refractivity contribution in [3.63, 3.8) is 0 Å². The molecule has 0 saturated carbocycles. The van der Waals surface area contributed by atoms with E-state index in [-0.39, 0.29) is 19.5 Å². The van der Waals surface area contributed by atoms with Crippen LogP contribution in [0.25, 0.3) is 0 Å². The van der Waals surface area contributed by atoms with Crippen LogP contribution >= 0.6 is 0 Å². The third kappa shape index (κ3) is 4.37. The average molecular weight is 276 g/mol. The molecule has 6 nitrogen and oxygen atoms in total. The first-order valence-electron chi connectivity index (χ1n) is 6.12. The van der Waals surface area contributed by atoms with Crippen LogP contribution in [-0.2, 0) is 16.1 Å². The first kappa shape index (κ1) is 15.7. The van der Waals surface area contributed by atoms with E-state index in [2.05, 4.69) is 0 Å². The van der Waals surface area contributed by atoms with Gasteiger partial charge in [0, 0.05) is 13.1 Å². The molecule has 0 heterocycles. The van der Waals surface area contributed by atoms with Crippen LogP contribution in [-0.4, -0.2) is 39.6 Å². The summed E-state index contributed by atoms with van der Waals surface area (Å²) in [6, 6.07) is 8.10. The maximum absolute atomic E-state index is 11.1. The molecule has 0 aliphatic rings. The van der Waals surface area contributed by atoms with Crippen molar-refractivity contribution in [2.75, 3.05) is 6.54 Å². The van der Waals surface area contributed by atoms with Crippen LogP contribution in [0.5, 0.6) is 0 Å². The summed E-state index contributed by atoms with van der Waals surface area (Å²) in [6.45, 7) is 1.84. The lowest BCUT2D eigenvalue weighted by atomic mass is 10.1. The molecule has 0 amide bonds. The average Bonchev–Trinajstić information content (AvgIpc) is 2.42. The van der Waals surface area contributed by atoms with Gasteiger partial charge in [-0.05, 0) is 18.6 Å². The molecule has 1 atom stereocenters. The highest BCUT2D eigenvalue weighted by Gasteiger charge is 2.22. The molecule has 106 valence electrons. The first-order valence-corrected chi connectivity index (χ1v) is 6.12. The van der Waals surface area contributed by atoms with Gasteiger partial charge in [0.2, 0.25) is 0 Å². The Hall–Kier alpha value is -2.39. The summed E-state index contributed by atoms with van der Waals surface area (Å²) in [5.74, 6) is -2.01. The van der Waals surface area contributed by atoms with E-state index in [0.717, 1.165) is 0 Å². The van der Waals surface area contributed by atoms with Crippen molar-refractivity contribution in [3.05, 3.63) is 35.4 Å². The van der Waals surface area contributed by atoms with Crippen molar-refractivity contribution in [3.8, 4) is 6.07 Å². The number of carbonyl (C=O) groups is 2. The van der Waals surface area contributed by atoms with Crippen molar-refractivity contribution in [2.24, 2.45) is 0 Å². The molecule has 0 saturated heterocycles. The fourth-order valence-electron chi connectivity index (χ4n) is 1.79. The van der Waals surface area contributed by atoms with Gasteiger partial charge >= 0.3 is 11.9 Å². The van der Waals surface area contributed by atoms with Crippen molar-refractivity contribution in [1.82, 2.24) is 4.90 Å². The van der Waals surface area contributed by atoms with Gasteiger partial charge in [-0.25, -0.2) is 0 Å². The third-order valence-corrected chi connectivity index (χ3v) is 3.03. The maximum atomic E-state index is 11.1. The largest absolute Gasteiger partial charge is 0.481 e. The molecule has 0 aliphatic carbocycles. The van der Waals surface area contributed by atoms with Gasteiger partial charge in [0.15, 0.2) is 0 Å². The molecule has 1 aromatic rings. The zero-order chi connectivity index (χ0) is 15.1. The van der Waals surface area contributed by atoms with Gasteiger partial charge in [-0.2, -0.15) is 5.26 Å². The van der Waals surface area contributed by atoms with Crippen molar-refractivity contribution in [2.45, 2.75) is 25.9 Å². The number of hydrogen-bond donors (Lipinski definition) is 2. The van der Waals surface area contributed by atoms with Gasteiger partial charge in [-0.15, -0.1) is 0 Å². The highest BCUT2D eigenvalue weighted by atomic mass is 16.4. The number of carboxylic acid groups (broad SMARTS) is 2. The second kappa shape index (κ2) is 7.26. The van der Waals surface area contributed by atoms with Crippen molar-refractivity contribution >= 4 is 11.9 Å². The molecule has 1 rings (SSSR count). The van der Waals surface area contributed by atoms with E-state index in [0.29, 0.717) is 11.1 Å². The summed E-state index contributed by atoms with van der Waals surface area (Å²) in [6.07, 6.45) is -0.146. The van der Waals surface area contributed by atoms with Crippen molar-refractivity contribution < 1.29 is 19.8 Å². The Morgan fingerprint density at radius 1 is 1.35 bits per heavy atom. The van der Waals surface area contributed by atoms with Gasteiger partial charge in [-0.3, -0.25) is 14.5 Å². The van der Waals surface area contributed by atoms with Crippen LogP contribution in [0.4, 0.5) is 0 Å². The second-order valence-electron chi connectivity index (χ2n) is 4.40. The maximum Gasteiger partial charge on any atom is 0.320 e. The Labute approximate surface area is 116 Å². The molecule has 20 heavy (non-hydrogen) atoms.